The first-order chi connectivity index (χ1) is 20.2. The molecule has 0 radical (unpaired) electrons. The maximum atomic E-state index is 2.44. The second-order valence-electron chi connectivity index (χ2n) is 11.2. The Balaban J connectivity index is 1.38. The van der Waals surface area contributed by atoms with E-state index in [0.717, 1.165) is 0 Å². The van der Waals surface area contributed by atoms with Crippen molar-refractivity contribution in [3.63, 3.8) is 0 Å². The highest BCUT2D eigenvalue weighted by atomic mass is 32.2. The maximum Gasteiger partial charge on any atom is 0.0601 e. The van der Waals surface area contributed by atoms with Crippen LogP contribution in [0.25, 0.3) is 43.4 Å². The average Bonchev–Trinajstić information content (AvgIpc) is 3.03. The summed E-state index contributed by atoms with van der Waals surface area (Å²) in [6.45, 7) is 4.58. The summed E-state index contributed by atoms with van der Waals surface area (Å²) < 4.78 is 0. The lowest BCUT2D eigenvalue weighted by atomic mass is 9.91. The van der Waals surface area contributed by atoms with Crippen LogP contribution in [0.5, 0.6) is 0 Å². The molecule has 0 aliphatic carbocycles. The highest BCUT2D eigenvalue weighted by Gasteiger charge is 2.25. The Morgan fingerprint density at radius 2 is 0.976 bits per heavy atom. The third-order valence-corrected chi connectivity index (χ3v) is 9.51. The van der Waals surface area contributed by atoms with Crippen LogP contribution >= 0.6 is 11.8 Å². The lowest BCUT2D eigenvalue weighted by molar-refractivity contribution is 0.866. The van der Waals surface area contributed by atoms with Gasteiger partial charge in [0.2, 0.25) is 0 Å². The standard InChI is InChI=1S/C39H29NS/c1-25(2)27-21-28(23-29(22-27)40-36-15-7-9-17-38(36)41-39-18-10-8-16-37(39)40)26-19-20-34-32-13-4-3-11-30(32)31-12-5-6-14-33(31)35(34)24-26/h3-25H,1-2H3. The zero-order chi connectivity index (χ0) is 27.5. The molecule has 1 aliphatic heterocycles. The monoisotopic (exact) mass is 543 g/mol. The van der Waals surface area contributed by atoms with Crippen LogP contribution in [0, 0.1) is 0 Å². The number of nitrogens with zero attached hydrogens (tertiary/aromatic N) is 1. The largest absolute Gasteiger partial charge is 0.308 e. The molecule has 2 heteroatoms. The summed E-state index contributed by atoms with van der Waals surface area (Å²) in [7, 11) is 0. The van der Waals surface area contributed by atoms with E-state index in [2.05, 4.69) is 152 Å². The van der Waals surface area contributed by atoms with Crippen molar-refractivity contribution < 1.29 is 0 Å². The zero-order valence-electron chi connectivity index (χ0n) is 23.1. The van der Waals surface area contributed by atoms with Crippen LogP contribution in [0.2, 0.25) is 0 Å². The fourth-order valence-electron chi connectivity index (χ4n) is 6.33. The quantitative estimate of drug-likeness (QED) is 0.204. The number of benzene rings is 7. The fraction of sp³-hybridized carbons (Fsp3) is 0.0769. The third kappa shape index (κ3) is 3.94. The summed E-state index contributed by atoms with van der Waals surface area (Å²) in [5.41, 5.74) is 7.51. The van der Waals surface area contributed by atoms with Gasteiger partial charge in [-0.15, -0.1) is 0 Å². The molecular weight excluding hydrogens is 515 g/mol. The minimum atomic E-state index is 0.406. The summed E-state index contributed by atoms with van der Waals surface area (Å²) in [5, 5.41) is 7.84. The Kier molecular flexibility index (Phi) is 5.65. The molecule has 7 aromatic rings. The van der Waals surface area contributed by atoms with E-state index in [1.54, 1.807) is 0 Å². The lowest BCUT2D eigenvalue weighted by Crippen LogP contribution is -2.15. The Labute approximate surface area is 245 Å². The van der Waals surface area contributed by atoms with Crippen molar-refractivity contribution in [3.05, 3.63) is 139 Å². The van der Waals surface area contributed by atoms with Crippen LogP contribution in [0.15, 0.2) is 143 Å². The smallest absolute Gasteiger partial charge is 0.0601 e. The Morgan fingerprint density at radius 1 is 0.463 bits per heavy atom. The van der Waals surface area contributed by atoms with Crippen LogP contribution in [-0.4, -0.2) is 0 Å². The molecule has 0 spiro atoms. The average molecular weight is 544 g/mol. The summed E-state index contributed by atoms with van der Waals surface area (Å²) in [4.78, 5) is 5.01. The Bertz CT molecular complexity index is 2040. The number of fused-ring (bicyclic) bond motifs is 8. The molecule has 0 atom stereocenters. The summed E-state index contributed by atoms with van der Waals surface area (Å²) in [5.74, 6) is 0.406. The van der Waals surface area contributed by atoms with E-state index in [1.807, 2.05) is 11.8 Å². The van der Waals surface area contributed by atoms with Gasteiger partial charge >= 0.3 is 0 Å². The second-order valence-corrected chi connectivity index (χ2v) is 12.3. The molecule has 0 bridgehead atoms. The Hall–Kier alpha value is -4.53. The van der Waals surface area contributed by atoms with Crippen molar-refractivity contribution in [2.45, 2.75) is 29.6 Å². The molecule has 7 aromatic carbocycles. The van der Waals surface area contributed by atoms with Crippen LogP contribution in [0.1, 0.15) is 25.3 Å². The molecule has 196 valence electrons. The van der Waals surface area contributed by atoms with Gasteiger partial charge in [0, 0.05) is 15.5 Å². The van der Waals surface area contributed by atoms with E-state index < -0.39 is 0 Å². The van der Waals surface area contributed by atoms with Crippen LogP contribution in [0.4, 0.5) is 17.1 Å². The van der Waals surface area contributed by atoms with Crippen molar-refractivity contribution in [1.82, 2.24) is 0 Å². The highest BCUT2D eigenvalue weighted by molar-refractivity contribution is 7.99. The molecule has 41 heavy (non-hydrogen) atoms. The molecule has 1 heterocycles. The van der Waals surface area contributed by atoms with Crippen molar-refractivity contribution in [2.75, 3.05) is 4.90 Å². The first-order valence-electron chi connectivity index (χ1n) is 14.3. The number of anilines is 3. The van der Waals surface area contributed by atoms with Crippen molar-refractivity contribution in [3.8, 4) is 11.1 Å². The molecule has 1 aliphatic rings. The predicted octanol–water partition coefficient (Wildman–Crippen LogP) is 11.9. The molecule has 0 fully saturated rings. The molecule has 0 unspecified atom stereocenters. The SMILES string of the molecule is CC(C)c1cc(-c2ccc3c4ccccc4c4ccccc4c3c2)cc(N2c3ccccc3Sc3ccccc32)c1. The zero-order valence-corrected chi connectivity index (χ0v) is 24.0. The Morgan fingerprint density at radius 3 is 1.56 bits per heavy atom. The molecule has 0 amide bonds. The van der Waals surface area contributed by atoms with Crippen LogP contribution in [-0.2, 0) is 0 Å². The van der Waals surface area contributed by atoms with Gasteiger partial charge in [-0.1, -0.05) is 117 Å². The summed E-state index contributed by atoms with van der Waals surface area (Å²) in [6.07, 6.45) is 0. The molecule has 0 aromatic heterocycles. The first kappa shape index (κ1) is 24.3. The molecule has 1 nitrogen and oxygen atoms in total. The first-order valence-corrected chi connectivity index (χ1v) is 15.1. The van der Waals surface area contributed by atoms with Crippen LogP contribution < -0.4 is 4.90 Å². The number of hydrogen-bond acceptors (Lipinski definition) is 2. The lowest BCUT2D eigenvalue weighted by Gasteiger charge is -2.33. The molecule has 8 rings (SSSR count). The van der Waals surface area contributed by atoms with E-state index in [0.29, 0.717) is 5.92 Å². The maximum absolute atomic E-state index is 2.44. The van der Waals surface area contributed by atoms with Gasteiger partial charge in [-0.25, -0.2) is 0 Å². The number of rotatable bonds is 3. The van der Waals surface area contributed by atoms with Crippen molar-refractivity contribution >= 4 is 61.1 Å². The van der Waals surface area contributed by atoms with E-state index >= 15 is 0 Å². The van der Waals surface area contributed by atoms with Gasteiger partial charge in [0.1, 0.15) is 0 Å². The van der Waals surface area contributed by atoms with Crippen molar-refractivity contribution in [1.29, 1.82) is 0 Å². The molecular formula is C39H29NS. The number of para-hydroxylation sites is 2. The van der Waals surface area contributed by atoms with E-state index in [1.165, 1.54) is 75.9 Å². The number of hydrogen-bond donors (Lipinski definition) is 0. The van der Waals surface area contributed by atoms with Gasteiger partial charge in [-0.3, -0.25) is 0 Å². The topological polar surface area (TPSA) is 3.24 Å². The second kappa shape index (κ2) is 9.54. The molecule has 0 saturated carbocycles. The molecule has 0 N–H and O–H groups in total. The van der Waals surface area contributed by atoms with E-state index in [9.17, 15) is 0 Å². The third-order valence-electron chi connectivity index (χ3n) is 8.37. The minimum absolute atomic E-state index is 0.406. The van der Waals surface area contributed by atoms with Crippen molar-refractivity contribution in [2.24, 2.45) is 0 Å². The minimum Gasteiger partial charge on any atom is -0.308 e. The van der Waals surface area contributed by atoms with Gasteiger partial charge in [0.25, 0.3) is 0 Å². The summed E-state index contributed by atoms with van der Waals surface area (Å²) >= 11 is 1.85. The van der Waals surface area contributed by atoms with Crippen LogP contribution in [0.3, 0.4) is 0 Å². The normalized spacial score (nSPS) is 12.7. The van der Waals surface area contributed by atoms with Gasteiger partial charge in [-0.05, 0) is 97.4 Å². The fourth-order valence-corrected chi connectivity index (χ4v) is 7.39. The van der Waals surface area contributed by atoms with Gasteiger partial charge in [0.15, 0.2) is 0 Å². The van der Waals surface area contributed by atoms with E-state index in [-0.39, 0.29) is 0 Å². The van der Waals surface area contributed by atoms with Gasteiger partial charge < -0.3 is 4.90 Å². The van der Waals surface area contributed by atoms with Gasteiger partial charge in [-0.2, -0.15) is 0 Å². The summed E-state index contributed by atoms with van der Waals surface area (Å²) in [6, 6.07) is 49.3. The van der Waals surface area contributed by atoms with Gasteiger partial charge in [0.05, 0.1) is 11.4 Å². The van der Waals surface area contributed by atoms with E-state index in [4.69, 9.17) is 0 Å². The highest BCUT2D eigenvalue weighted by Crippen LogP contribution is 2.52. The molecule has 0 saturated heterocycles. The predicted molar refractivity (Wildman–Crippen MR) is 177 cm³/mol.